The molecule has 1 heterocycles. The summed E-state index contributed by atoms with van der Waals surface area (Å²) in [6.07, 6.45) is 1.56. The second-order valence-electron chi connectivity index (χ2n) is 8.31. The van der Waals surface area contributed by atoms with E-state index in [1.165, 1.54) is 36.4 Å². The van der Waals surface area contributed by atoms with Crippen LogP contribution < -0.4 is 4.74 Å². The Labute approximate surface area is 222 Å². The monoisotopic (exact) mass is 530 g/mol. The molecule has 38 heavy (non-hydrogen) atoms. The Balaban J connectivity index is 1.52. The van der Waals surface area contributed by atoms with Crippen LogP contribution in [-0.2, 0) is 11.3 Å². The summed E-state index contributed by atoms with van der Waals surface area (Å²) in [4.78, 5) is 17.6. The molecule has 5 rings (SSSR count). The van der Waals surface area contributed by atoms with Crippen LogP contribution in [0.3, 0.4) is 0 Å². The molecule has 5 nitrogen and oxygen atoms in total. The van der Waals surface area contributed by atoms with Crippen molar-refractivity contribution in [2.45, 2.75) is 6.54 Å². The van der Waals surface area contributed by atoms with Gasteiger partial charge in [-0.05, 0) is 54.6 Å². The SMILES string of the molecule is O=C(O/C(=C\c1nc2ccccc2n1CCOc1ccccc1Cl)c1cccc(F)c1)c1cccc(F)c1. The number of carbonyl (C=O) groups is 1. The van der Waals surface area contributed by atoms with Gasteiger partial charge in [-0.25, -0.2) is 18.6 Å². The third kappa shape index (κ3) is 5.74. The van der Waals surface area contributed by atoms with Gasteiger partial charge in [-0.3, -0.25) is 0 Å². The van der Waals surface area contributed by atoms with Crippen LogP contribution in [0.1, 0.15) is 21.7 Å². The van der Waals surface area contributed by atoms with Crippen LogP contribution in [0, 0.1) is 11.6 Å². The van der Waals surface area contributed by atoms with Gasteiger partial charge in [0, 0.05) is 11.6 Å². The Morgan fingerprint density at radius 3 is 2.32 bits per heavy atom. The second-order valence-corrected chi connectivity index (χ2v) is 8.72. The van der Waals surface area contributed by atoms with Crippen LogP contribution in [-0.4, -0.2) is 22.1 Å². The molecule has 0 aliphatic rings. The van der Waals surface area contributed by atoms with E-state index in [1.54, 1.807) is 24.3 Å². The summed E-state index contributed by atoms with van der Waals surface area (Å²) in [5, 5.41) is 0.501. The number of ether oxygens (including phenoxy) is 2. The standard InChI is InChI=1S/C30H21ClF2N2O3/c31-24-11-1-4-14-27(24)37-16-15-35-26-13-3-2-12-25(26)34-29(35)19-28(20-7-5-9-22(32)17-20)38-30(36)21-8-6-10-23(33)18-21/h1-14,17-19H,15-16H2/b28-19-. The lowest BCUT2D eigenvalue weighted by Gasteiger charge is -2.12. The Hall–Kier alpha value is -4.49. The van der Waals surface area contributed by atoms with Gasteiger partial charge in [0.05, 0.1) is 28.2 Å². The lowest BCUT2D eigenvalue weighted by atomic mass is 10.1. The summed E-state index contributed by atoms with van der Waals surface area (Å²) >= 11 is 6.21. The van der Waals surface area contributed by atoms with Gasteiger partial charge in [0.2, 0.25) is 0 Å². The van der Waals surface area contributed by atoms with E-state index >= 15 is 0 Å². The number of aromatic nitrogens is 2. The van der Waals surface area contributed by atoms with E-state index in [0.29, 0.717) is 34.2 Å². The summed E-state index contributed by atoms with van der Waals surface area (Å²) in [6.45, 7) is 0.676. The van der Waals surface area contributed by atoms with Crippen molar-refractivity contribution in [2.24, 2.45) is 0 Å². The number of carbonyl (C=O) groups excluding carboxylic acids is 1. The van der Waals surface area contributed by atoms with Crippen molar-refractivity contribution in [3.8, 4) is 5.75 Å². The fourth-order valence-electron chi connectivity index (χ4n) is 3.95. The molecule has 0 saturated heterocycles. The normalized spacial score (nSPS) is 11.5. The van der Waals surface area contributed by atoms with E-state index < -0.39 is 17.6 Å². The molecular weight excluding hydrogens is 510 g/mol. The average molecular weight is 531 g/mol. The maximum Gasteiger partial charge on any atom is 0.343 e. The number of halogens is 3. The van der Waals surface area contributed by atoms with Crippen molar-refractivity contribution >= 4 is 40.4 Å². The highest BCUT2D eigenvalue weighted by molar-refractivity contribution is 6.32. The molecule has 5 aromatic rings. The number of para-hydroxylation sites is 3. The van der Waals surface area contributed by atoms with Crippen molar-refractivity contribution in [1.29, 1.82) is 0 Å². The van der Waals surface area contributed by atoms with Crippen molar-refractivity contribution < 1.29 is 23.0 Å². The third-order valence-corrected chi connectivity index (χ3v) is 6.04. The molecule has 0 fully saturated rings. The van der Waals surface area contributed by atoms with E-state index in [9.17, 15) is 13.6 Å². The molecule has 0 radical (unpaired) electrons. The number of esters is 1. The van der Waals surface area contributed by atoms with E-state index in [1.807, 2.05) is 41.0 Å². The Morgan fingerprint density at radius 1 is 0.868 bits per heavy atom. The molecule has 0 unspecified atom stereocenters. The molecule has 0 amide bonds. The largest absolute Gasteiger partial charge is 0.490 e. The van der Waals surface area contributed by atoms with Gasteiger partial charge in [-0.1, -0.05) is 54.1 Å². The lowest BCUT2D eigenvalue weighted by Crippen LogP contribution is -2.11. The van der Waals surface area contributed by atoms with Crippen LogP contribution in [0.25, 0.3) is 22.9 Å². The first-order valence-corrected chi connectivity index (χ1v) is 12.1. The van der Waals surface area contributed by atoms with Crippen LogP contribution in [0.4, 0.5) is 8.78 Å². The number of benzene rings is 4. The van der Waals surface area contributed by atoms with Crippen molar-refractivity contribution in [1.82, 2.24) is 9.55 Å². The number of hydrogen-bond donors (Lipinski definition) is 0. The van der Waals surface area contributed by atoms with Gasteiger partial charge in [-0.2, -0.15) is 0 Å². The summed E-state index contributed by atoms with van der Waals surface area (Å²) < 4.78 is 41.3. The second kappa shape index (κ2) is 11.3. The molecule has 0 aliphatic heterocycles. The highest BCUT2D eigenvalue weighted by Crippen LogP contribution is 2.26. The third-order valence-electron chi connectivity index (χ3n) is 5.73. The Bertz CT molecular complexity index is 1650. The summed E-state index contributed by atoms with van der Waals surface area (Å²) in [5.74, 6) is -0.791. The van der Waals surface area contributed by atoms with Crippen LogP contribution in [0.2, 0.25) is 5.02 Å². The summed E-state index contributed by atoms with van der Waals surface area (Å²) in [7, 11) is 0. The molecule has 0 spiro atoms. The zero-order chi connectivity index (χ0) is 26.5. The summed E-state index contributed by atoms with van der Waals surface area (Å²) in [6, 6.07) is 25.5. The molecule has 0 N–H and O–H groups in total. The first-order chi connectivity index (χ1) is 18.5. The molecule has 8 heteroatoms. The molecule has 4 aromatic carbocycles. The van der Waals surface area contributed by atoms with Gasteiger partial charge in [0.15, 0.2) is 0 Å². The minimum atomic E-state index is -0.787. The summed E-state index contributed by atoms with van der Waals surface area (Å²) in [5.41, 5.74) is 1.89. The zero-order valence-electron chi connectivity index (χ0n) is 20.0. The lowest BCUT2D eigenvalue weighted by molar-refractivity contribution is 0.0693. The fourth-order valence-corrected chi connectivity index (χ4v) is 4.14. The number of hydrogen-bond acceptors (Lipinski definition) is 4. The molecule has 0 saturated carbocycles. The molecule has 0 bridgehead atoms. The predicted octanol–water partition coefficient (Wildman–Crippen LogP) is 7.40. The fraction of sp³-hybridized carbons (Fsp3) is 0.0667. The van der Waals surface area contributed by atoms with Gasteiger partial charge >= 0.3 is 5.97 Å². The van der Waals surface area contributed by atoms with E-state index in [2.05, 4.69) is 0 Å². The highest BCUT2D eigenvalue weighted by Gasteiger charge is 2.17. The Morgan fingerprint density at radius 2 is 1.55 bits per heavy atom. The van der Waals surface area contributed by atoms with Crippen molar-refractivity contribution in [3.05, 3.63) is 131 Å². The van der Waals surface area contributed by atoms with E-state index in [0.717, 1.165) is 11.6 Å². The number of nitrogens with zero attached hydrogens (tertiary/aromatic N) is 2. The van der Waals surface area contributed by atoms with Gasteiger partial charge in [0.1, 0.15) is 35.6 Å². The molecule has 1 aromatic heterocycles. The van der Waals surface area contributed by atoms with Gasteiger partial charge in [0.25, 0.3) is 0 Å². The molecule has 190 valence electrons. The molecular formula is C30H21ClF2N2O3. The predicted molar refractivity (Wildman–Crippen MR) is 143 cm³/mol. The van der Waals surface area contributed by atoms with Crippen LogP contribution >= 0.6 is 11.6 Å². The van der Waals surface area contributed by atoms with Crippen molar-refractivity contribution in [2.75, 3.05) is 6.61 Å². The molecule has 0 aliphatic carbocycles. The topological polar surface area (TPSA) is 53.3 Å². The molecule has 0 atom stereocenters. The maximum atomic E-state index is 14.1. The number of imidazole rings is 1. The minimum Gasteiger partial charge on any atom is -0.490 e. The number of fused-ring (bicyclic) bond motifs is 1. The average Bonchev–Trinajstić information content (AvgIpc) is 3.26. The number of rotatable bonds is 8. The zero-order valence-corrected chi connectivity index (χ0v) is 20.7. The quantitative estimate of drug-likeness (QED) is 0.155. The van der Waals surface area contributed by atoms with Crippen LogP contribution in [0.5, 0.6) is 5.75 Å². The first-order valence-electron chi connectivity index (χ1n) is 11.8. The van der Waals surface area contributed by atoms with E-state index in [4.69, 9.17) is 26.1 Å². The van der Waals surface area contributed by atoms with Crippen LogP contribution in [0.15, 0.2) is 97.1 Å². The highest BCUT2D eigenvalue weighted by atomic mass is 35.5. The minimum absolute atomic E-state index is 0.0222. The van der Waals surface area contributed by atoms with Gasteiger partial charge < -0.3 is 14.0 Å². The first kappa shape index (κ1) is 25.2. The maximum absolute atomic E-state index is 14.1. The van der Waals surface area contributed by atoms with E-state index in [-0.39, 0.29) is 17.9 Å². The van der Waals surface area contributed by atoms with Crippen molar-refractivity contribution in [3.63, 3.8) is 0 Å². The Kier molecular flexibility index (Phi) is 7.47. The smallest absolute Gasteiger partial charge is 0.343 e. The van der Waals surface area contributed by atoms with Gasteiger partial charge in [-0.15, -0.1) is 0 Å².